The first-order chi connectivity index (χ1) is 8.31. The second-order valence-electron chi connectivity index (χ2n) is 6.76. The zero-order chi connectivity index (χ0) is 16.3. The van der Waals surface area contributed by atoms with E-state index in [1.165, 1.54) is 5.92 Å². The number of carbonyl (C=O) groups excluding carboxylic acids is 1. The van der Waals surface area contributed by atoms with Crippen molar-refractivity contribution in [2.24, 2.45) is 10.8 Å². The molecule has 0 aliphatic heterocycles. The van der Waals surface area contributed by atoms with Gasteiger partial charge in [0.2, 0.25) is 5.91 Å². The molecule has 0 atom stereocenters. The third kappa shape index (κ3) is 30.6. The Morgan fingerprint density at radius 3 is 1.45 bits per heavy atom. The molecule has 0 heterocycles. The zero-order valence-electron chi connectivity index (χ0n) is 15.0. The summed E-state index contributed by atoms with van der Waals surface area (Å²) in [5.74, 6) is 1.26. The molecule has 0 unspecified atom stereocenters. The maximum atomic E-state index is 10.1. The van der Waals surface area contributed by atoms with Gasteiger partial charge in [0.15, 0.2) is 0 Å². The first-order valence-corrected chi connectivity index (χ1v) is 6.74. The van der Waals surface area contributed by atoms with E-state index in [9.17, 15) is 4.79 Å². The van der Waals surface area contributed by atoms with Crippen LogP contribution in [0.3, 0.4) is 0 Å². The average Bonchev–Trinajstić information content (AvgIpc) is 2.26. The Balaban J connectivity index is -0.0000000966. The van der Waals surface area contributed by atoms with Gasteiger partial charge in [0.25, 0.3) is 0 Å². The Morgan fingerprint density at radius 1 is 1.15 bits per heavy atom. The third-order valence-corrected chi connectivity index (χ3v) is 2.13. The molecule has 0 saturated carbocycles. The minimum atomic E-state index is -0.236. The predicted octanol–water partition coefficient (Wildman–Crippen LogP) is 4.34. The van der Waals surface area contributed by atoms with E-state index in [-0.39, 0.29) is 32.4 Å². The van der Waals surface area contributed by atoms with Crippen molar-refractivity contribution in [3.63, 3.8) is 0 Å². The van der Waals surface area contributed by atoms with Crippen LogP contribution in [0.1, 0.15) is 68.7 Å². The van der Waals surface area contributed by atoms with Gasteiger partial charge in [0.05, 0.1) is 0 Å². The van der Waals surface area contributed by atoms with Crippen molar-refractivity contribution in [3.8, 4) is 6.07 Å². The summed E-state index contributed by atoms with van der Waals surface area (Å²) in [6, 6.07) is 2.20. The topological polar surface area (TPSA) is 52.9 Å². The summed E-state index contributed by atoms with van der Waals surface area (Å²) in [5, 5.41) is 11.0. The molecule has 20 heavy (non-hydrogen) atoms. The second kappa shape index (κ2) is 13.6. The summed E-state index contributed by atoms with van der Waals surface area (Å²) in [6.45, 7) is 18.4. The minimum Gasteiger partial charge on any atom is -0.359 e. The number of rotatable bonds is 2. The van der Waals surface area contributed by atoms with Gasteiger partial charge in [-0.25, -0.2) is 5.26 Å². The summed E-state index contributed by atoms with van der Waals surface area (Å²) in [6.07, 6.45) is 0.580. The predicted molar refractivity (Wildman–Crippen MR) is 83.5 cm³/mol. The number of hydrogen-bond donors (Lipinski definition) is 1. The molecule has 0 aliphatic carbocycles. The molecule has 0 rings (SSSR count). The summed E-state index contributed by atoms with van der Waals surface area (Å²) in [7, 11) is 1.63. The van der Waals surface area contributed by atoms with Crippen LogP contribution in [0.2, 0.25) is 0 Å². The van der Waals surface area contributed by atoms with Crippen molar-refractivity contribution in [1.82, 2.24) is 5.32 Å². The van der Waals surface area contributed by atoms with Crippen LogP contribution in [0.4, 0.5) is 0 Å². The van der Waals surface area contributed by atoms with Gasteiger partial charge in [-0.3, -0.25) is 4.79 Å². The van der Waals surface area contributed by atoms with E-state index >= 15 is 0 Å². The van der Waals surface area contributed by atoms with Gasteiger partial charge in [-0.1, -0.05) is 53.9 Å². The molecule has 0 aromatic carbocycles. The molecule has 3 nitrogen and oxygen atoms in total. The van der Waals surface area contributed by atoms with E-state index in [0.717, 1.165) is 0 Å². The van der Waals surface area contributed by atoms with E-state index in [4.69, 9.17) is 5.26 Å². The molecule has 0 fully saturated rings. The van der Waals surface area contributed by atoms with Crippen LogP contribution in [0, 0.1) is 28.1 Å². The Morgan fingerprint density at radius 2 is 1.45 bits per heavy atom. The van der Waals surface area contributed by atoms with Crippen LogP contribution in [0.25, 0.3) is 0 Å². The van der Waals surface area contributed by atoms with E-state index < -0.39 is 0 Å². The molecule has 0 spiro atoms. The quantitative estimate of drug-likeness (QED) is 0.633. The van der Waals surface area contributed by atoms with Crippen molar-refractivity contribution in [2.45, 2.75) is 68.7 Å². The fourth-order valence-electron chi connectivity index (χ4n) is 0.289. The molecule has 0 aliphatic rings. The zero-order valence-corrected chi connectivity index (χ0v) is 17.9. The van der Waals surface area contributed by atoms with Crippen molar-refractivity contribution in [2.75, 3.05) is 7.05 Å². The SMILES string of the molecule is CC(C)(C)C.CCC(=O)NC.C[C-](C)C(C)(C)C#N.[W]. The summed E-state index contributed by atoms with van der Waals surface area (Å²) >= 11 is 0. The van der Waals surface area contributed by atoms with Crippen LogP contribution >= 0.6 is 0 Å². The first kappa shape index (κ1) is 27.9. The third-order valence-electron chi connectivity index (χ3n) is 2.13. The Bertz CT molecular complexity index is 261. The van der Waals surface area contributed by atoms with Gasteiger partial charge in [0, 0.05) is 40.6 Å². The molecular weight excluding hydrogens is 420 g/mol. The van der Waals surface area contributed by atoms with Crippen LogP contribution in [-0.4, -0.2) is 13.0 Å². The van der Waals surface area contributed by atoms with E-state index in [0.29, 0.717) is 11.8 Å². The van der Waals surface area contributed by atoms with Gasteiger partial charge in [-0.15, -0.1) is 0 Å². The maximum Gasteiger partial charge on any atom is 0.219 e. The van der Waals surface area contributed by atoms with Gasteiger partial charge >= 0.3 is 0 Å². The molecule has 0 aromatic rings. The van der Waals surface area contributed by atoms with Gasteiger partial charge in [-0.2, -0.15) is 13.8 Å². The van der Waals surface area contributed by atoms with Crippen molar-refractivity contribution in [3.05, 3.63) is 5.92 Å². The molecule has 0 aromatic heterocycles. The number of carbonyl (C=O) groups is 1. The molecule has 0 saturated heterocycles. The number of nitriles is 1. The molecular formula is C16H33N2OW-. The van der Waals surface area contributed by atoms with Crippen LogP contribution in [0.5, 0.6) is 0 Å². The Labute approximate surface area is 141 Å². The van der Waals surface area contributed by atoms with Crippen molar-refractivity contribution < 1.29 is 25.9 Å². The molecule has 0 radical (unpaired) electrons. The molecule has 4 heteroatoms. The summed E-state index contributed by atoms with van der Waals surface area (Å²) in [4.78, 5) is 10.1. The van der Waals surface area contributed by atoms with Crippen LogP contribution in [0.15, 0.2) is 0 Å². The molecule has 0 bridgehead atoms. The number of nitrogens with one attached hydrogen (secondary N) is 1. The van der Waals surface area contributed by atoms with E-state index in [1.54, 1.807) is 7.05 Å². The largest absolute Gasteiger partial charge is 0.359 e. The van der Waals surface area contributed by atoms with Gasteiger partial charge < -0.3 is 11.2 Å². The summed E-state index contributed by atoms with van der Waals surface area (Å²) in [5.41, 5.74) is 0.264. The van der Waals surface area contributed by atoms with E-state index in [2.05, 4.69) is 39.1 Å². The second-order valence-corrected chi connectivity index (χ2v) is 6.76. The molecule has 1 N–H and O–H groups in total. The fourth-order valence-corrected chi connectivity index (χ4v) is 0.289. The van der Waals surface area contributed by atoms with Gasteiger partial charge in [0.1, 0.15) is 0 Å². The minimum absolute atomic E-state index is 0. The smallest absolute Gasteiger partial charge is 0.219 e. The number of amides is 1. The van der Waals surface area contributed by atoms with Crippen molar-refractivity contribution >= 4 is 5.91 Å². The van der Waals surface area contributed by atoms with Crippen LogP contribution < -0.4 is 5.32 Å². The van der Waals surface area contributed by atoms with Gasteiger partial charge in [-0.05, 0) is 5.41 Å². The number of nitrogens with zero attached hydrogens (tertiary/aromatic N) is 1. The Kier molecular flexibility index (Phi) is 19.0. The molecule has 120 valence electrons. The molecule has 1 amide bonds. The number of hydrogen-bond acceptors (Lipinski definition) is 2. The normalized spacial score (nSPS) is 9.90. The first-order valence-electron chi connectivity index (χ1n) is 6.74. The van der Waals surface area contributed by atoms with Crippen LogP contribution in [-0.2, 0) is 25.9 Å². The summed E-state index contributed by atoms with van der Waals surface area (Å²) < 4.78 is 0. The van der Waals surface area contributed by atoms with E-state index in [1.807, 2.05) is 34.6 Å². The standard InChI is InChI=1S/C7H12N.C5H12.C4H9NO.W/c1-6(2)7(3,4)5-8;1-5(2,3)4;1-3-4(6)5-2;/h1-4H3;1-4H3;3H2,1-2H3,(H,5,6);/q-1;;;. The maximum absolute atomic E-state index is 10.1. The fraction of sp³-hybridized carbons (Fsp3) is 0.812. The monoisotopic (exact) mass is 453 g/mol. The average molecular weight is 453 g/mol. The van der Waals surface area contributed by atoms with Crippen molar-refractivity contribution in [1.29, 1.82) is 5.26 Å². The Hall–Kier alpha value is -0.352.